The van der Waals surface area contributed by atoms with Crippen molar-refractivity contribution < 1.29 is 4.39 Å². The molecule has 0 amide bonds. The molecular weight excluding hydrogens is 451 g/mol. The highest BCUT2D eigenvalue weighted by Gasteiger charge is 2.27. The van der Waals surface area contributed by atoms with Crippen LogP contribution in [0.3, 0.4) is 0 Å². The van der Waals surface area contributed by atoms with E-state index >= 15 is 0 Å². The summed E-state index contributed by atoms with van der Waals surface area (Å²) in [4.78, 5) is 7.10. The van der Waals surface area contributed by atoms with Crippen molar-refractivity contribution in [2.45, 2.75) is 45.7 Å². The number of anilines is 1. The molecule has 36 heavy (non-hydrogen) atoms. The number of rotatable bonds is 6. The maximum absolute atomic E-state index is 13.5. The first kappa shape index (κ1) is 23.0. The fourth-order valence-electron chi connectivity index (χ4n) is 5.29. The number of fused-ring (bicyclic) bond motifs is 5. The zero-order valence-electron chi connectivity index (χ0n) is 21.2. The van der Waals surface area contributed by atoms with E-state index in [1.165, 1.54) is 29.8 Å². The van der Waals surface area contributed by atoms with Crippen LogP contribution in [0.25, 0.3) is 28.3 Å². The van der Waals surface area contributed by atoms with Gasteiger partial charge in [0.1, 0.15) is 12.1 Å². The molecule has 4 aromatic rings. The molecule has 2 aliphatic heterocycles. The second-order valence-corrected chi connectivity index (χ2v) is 10.8. The standard InChI is InChI=1S/C29H33FN6/c1-4-29(2,3)32-15-20-11-12-34(16-20)25-9-10-26-23(13-25)18-35-17-22(21-5-7-24(30)8-6-21)14-27(35)28-31-19-33-36(26)28/h5-10,13-14,17,19-20,32H,4,11-12,15-16,18H2,1-3H3/t20-/m0/s1. The van der Waals surface area contributed by atoms with E-state index in [4.69, 9.17) is 0 Å². The van der Waals surface area contributed by atoms with E-state index in [1.54, 1.807) is 6.33 Å². The number of benzene rings is 2. The third kappa shape index (κ3) is 4.22. The van der Waals surface area contributed by atoms with E-state index in [1.807, 2.05) is 16.8 Å². The molecule has 0 unspecified atom stereocenters. The molecule has 1 fully saturated rings. The molecule has 2 aromatic carbocycles. The van der Waals surface area contributed by atoms with Crippen molar-refractivity contribution in [3.63, 3.8) is 0 Å². The van der Waals surface area contributed by atoms with Crippen molar-refractivity contribution in [1.29, 1.82) is 0 Å². The second-order valence-electron chi connectivity index (χ2n) is 10.8. The highest BCUT2D eigenvalue weighted by molar-refractivity contribution is 5.71. The van der Waals surface area contributed by atoms with Gasteiger partial charge >= 0.3 is 0 Å². The Bertz CT molecular complexity index is 1380. The number of nitrogens with zero attached hydrogens (tertiary/aromatic N) is 5. The van der Waals surface area contributed by atoms with Crippen LogP contribution >= 0.6 is 0 Å². The lowest BCUT2D eigenvalue weighted by atomic mass is 10.00. The third-order valence-corrected chi connectivity index (χ3v) is 7.89. The Labute approximate surface area is 211 Å². The Morgan fingerprint density at radius 1 is 1.08 bits per heavy atom. The summed E-state index contributed by atoms with van der Waals surface area (Å²) < 4.78 is 17.6. The quantitative estimate of drug-likeness (QED) is 0.345. The largest absolute Gasteiger partial charge is 0.371 e. The molecule has 4 heterocycles. The van der Waals surface area contributed by atoms with Gasteiger partial charge in [0.15, 0.2) is 5.82 Å². The molecule has 186 valence electrons. The molecule has 1 N–H and O–H groups in total. The zero-order chi connectivity index (χ0) is 24.9. The molecule has 1 saturated heterocycles. The van der Waals surface area contributed by atoms with Gasteiger partial charge in [-0.1, -0.05) is 19.1 Å². The van der Waals surface area contributed by atoms with Gasteiger partial charge in [-0.05, 0) is 80.1 Å². The minimum atomic E-state index is -0.227. The van der Waals surface area contributed by atoms with Crippen molar-refractivity contribution in [1.82, 2.24) is 24.6 Å². The molecule has 0 spiro atoms. The van der Waals surface area contributed by atoms with Gasteiger partial charge in [0.2, 0.25) is 0 Å². The number of aromatic nitrogens is 4. The molecule has 0 bridgehead atoms. The lowest BCUT2D eigenvalue weighted by Crippen LogP contribution is -2.41. The average molecular weight is 485 g/mol. The topological polar surface area (TPSA) is 50.9 Å². The summed E-state index contributed by atoms with van der Waals surface area (Å²) in [5, 5.41) is 8.32. The van der Waals surface area contributed by atoms with Gasteiger partial charge in [-0.15, -0.1) is 0 Å². The van der Waals surface area contributed by atoms with Crippen molar-refractivity contribution >= 4 is 5.69 Å². The summed E-state index contributed by atoms with van der Waals surface area (Å²) in [5.74, 6) is 1.25. The SMILES string of the molecule is CCC(C)(C)NC[C@@H]1CCN(c2ccc3c(c2)Cn2cc(-c4ccc(F)cc4)cc2-c2ncnn2-3)C1. The van der Waals surface area contributed by atoms with Crippen molar-refractivity contribution in [3.8, 4) is 28.3 Å². The van der Waals surface area contributed by atoms with Crippen LogP contribution in [0.4, 0.5) is 10.1 Å². The maximum Gasteiger partial charge on any atom is 0.179 e. The molecule has 2 aromatic heterocycles. The van der Waals surface area contributed by atoms with Crippen LogP contribution in [0, 0.1) is 11.7 Å². The molecule has 0 saturated carbocycles. The van der Waals surface area contributed by atoms with Gasteiger partial charge in [0.25, 0.3) is 0 Å². The van der Waals surface area contributed by atoms with E-state index < -0.39 is 0 Å². The van der Waals surface area contributed by atoms with Crippen LogP contribution in [-0.4, -0.2) is 44.5 Å². The Morgan fingerprint density at radius 2 is 1.92 bits per heavy atom. The molecular formula is C29H33FN6. The molecule has 0 aliphatic carbocycles. The summed E-state index contributed by atoms with van der Waals surface area (Å²) in [6.45, 7) is 10.7. The van der Waals surface area contributed by atoms with Crippen LogP contribution < -0.4 is 10.2 Å². The Hall–Kier alpha value is -3.45. The van der Waals surface area contributed by atoms with Crippen LogP contribution in [0.2, 0.25) is 0 Å². The van der Waals surface area contributed by atoms with E-state index in [0.717, 1.165) is 60.9 Å². The van der Waals surface area contributed by atoms with Crippen molar-refractivity contribution in [2.75, 3.05) is 24.5 Å². The first-order chi connectivity index (χ1) is 17.4. The number of hydrogen-bond donors (Lipinski definition) is 1. The Morgan fingerprint density at radius 3 is 2.72 bits per heavy atom. The lowest BCUT2D eigenvalue weighted by molar-refractivity contribution is 0.346. The zero-order valence-corrected chi connectivity index (χ0v) is 21.2. The Balaban J connectivity index is 1.28. The van der Waals surface area contributed by atoms with E-state index in [0.29, 0.717) is 5.92 Å². The van der Waals surface area contributed by atoms with E-state index in [9.17, 15) is 4.39 Å². The van der Waals surface area contributed by atoms with Crippen LogP contribution in [-0.2, 0) is 6.54 Å². The average Bonchev–Trinajstić information content (AvgIpc) is 3.62. The summed E-state index contributed by atoms with van der Waals surface area (Å²) in [5.41, 5.74) is 6.78. The summed E-state index contributed by atoms with van der Waals surface area (Å²) >= 11 is 0. The highest BCUT2D eigenvalue weighted by Crippen LogP contribution is 2.35. The minimum absolute atomic E-state index is 0.189. The number of nitrogens with one attached hydrogen (secondary N) is 1. The fraction of sp³-hybridized carbons (Fsp3) is 0.379. The van der Waals surface area contributed by atoms with Gasteiger partial charge in [-0.3, -0.25) is 0 Å². The van der Waals surface area contributed by atoms with Gasteiger partial charge in [0.05, 0.1) is 11.4 Å². The molecule has 1 atom stereocenters. The molecule has 2 aliphatic rings. The molecule has 6 rings (SSSR count). The maximum atomic E-state index is 13.5. The summed E-state index contributed by atoms with van der Waals surface area (Å²) in [6.07, 6.45) is 6.09. The third-order valence-electron chi connectivity index (χ3n) is 7.89. The van der Waals surface area contributed by atoms with E-state index in [2.05, 4.69) is 76.1 Å². The van der Waals surface area contributed by atoms with Crippen LogP contribution in [0.1, 0.15) is 39.2 Å². The fourth-order valence-corrected chi connectivity index (χ4v) is 5.29. The molecule has 6 nitrogen and oxygen atoms in total. The second kappa shape index (κ2) is 8.89. The highest BCUT2D eigenvalue weighted by atomic mass is 19.1. The van der Waals surface area contributed by atoms with E-state index in [-0.39, 0.29) is 11.4 Å². The molecule has 7 heteroatoms. The molecule has 0 radical (unpaired) electrons. The first-order valence-electron chi connectivity index (χ1n) is 12.9. The normalized spacial score (nSPS) is 17.0. The van der Waals surface area contributed by atoms with Gasteiger partial charge in [-0.2, -0.15) is 5.10 Å². The summed E-state index contributed by atoms with van der Waals surface area (Å²) in [7, 11) is 0. The van der Waals surface area contributed by atoms with Crippen LogP contribution in [0.5, 0.6) is 0 Å². The lowest BCUT2D eigenvalue weighted by Gasteiger charge is -2.27. The van der Waals surface area contributed by atoms with Gasteiger partial charge in [-0.25, -0.2) is 14.1 Å². The first-order valence-corrected chi connectivity index (χ1v) is 12.9. The Kier molecular flexibility index (Phi) is 5.67. The minimum Gasteiger partial charge on any atom is -0.371 e. The van der Waals surface area contributed by atoms with Crippen molar-refractivity contribution in [2.24, 2.45) is 5.92 Å². The van der Waals surface area contributed by atoms with Gasteiger partial charge < -0.3 is 14.8 Å². The van der Waals surface area contributed by atoms with Crippen molar-refractivity contribution in [3.05, 3.63) is 72.4 Å². The predicted octanol–water partition coefficient (Wildman–Crippen LogP) is 5.51. The smallest absolute Gasteiger partial charge is 0.179 e. The predicted molar refractivity (Wildman–Crippen MR) is 142 cm³/mol. The summed E-state index contributed by atoms with van der Waals surface area (Å²) in [6, 6.07) is 15.5. The number of hydrogen-bond acceptors (Lipinski definition) is 4. The monoisotopic (exact) mass is 484 g/mol. The van der Waals surface area contributed by atoms with Gasteiger partial charge in [0, 0.05) is 49.2 Å². The van der Waals surface area contributed by atoms with Crippen LogP contribution in [0.15, 0.2) is 61.1 Å². The number of halogens is 1.